The number of hydrogen-bond acceptors (Lipinski definition) is 4. The molecule has 1 saturated heterocycles. The average molecular weight is 551 g/mol. The van der Waals surface area contributed by atoms with Crippen molar-refractivity contribution >= 4 is 41.5 Å². The topological polar surface area (TPSA) is 80.2 Å². The molecule has 1 amide bonds. The average Bonchev–Trinajstić information content (AvgIpc) is 2.81. The molecule has 2 aromatic carbocycles. The van der Waals surface area contributed by atoms with E-state index < -0.39 is 0 Å². The Morgan fingerprint density at radius 2 is 1.78 bits per heavy atom. The molecule has 0 atom stereocenters. The number of phenolic OH excluding ortho intramolecular Hbond substituents is 1. The number of carbonyl (C=O) groups is 1. The van der Waals surface area contributed by atoms with Crippen LogP contribution in [0.2, 0.25) is 0 Å². The van der Waals surface area contributed by atoms with Gasteiger partial charge in [0.25, 0.3) is 5.91 Å². The zero-order valence-corrected chi connectivity index (χ0v) is 21.2. The molecule has 0 aliphatic carbocycles. The van der Waals surface area contributed by atoms with E-state index in [1.165, 1.54) is 0 Å². The number of rotatable bonds is 7. The third kappa shape index (κ3) is 7.01. The second-order valence-electron chi connectivity index (χ2n) is 7.59. The molecule has 7 nitrogen and oxygen atoms in total. The lowest BCUT2D eigenvalue weighted by molar-refractivity contribution is 0.0953. The summed E-state index contributed by atoms with van der Waals surface area (Å²) in [5, 5.41) is 16.4. The number of phenols is 1. The van der Waals surface area contributed by atoms with Crippen molar-refractivity contribution < 1.29 is 9.90 Å². The molecule has 0 saturated carbocycles. The molecule has 0 bridgehead atoms. The second-order valence-corrected chi connectivity index (χ2v) is 7.59. The Bertz CT molecular complexity index is 897. The van der Waals surface area contributed by atoms with Crippen LogP contribution in [-0.4, -0.2) is 61.1 Å². The molecular formula is C24H34IN5O2. The Labute approximate surface area is 207 Å². The van der Waals surface area contributed by atoms with Crippen LogP contribution in [0.5, 0.6) is 5.75 Å². The van der Waals surface area contributed by atoms with Gasteiger partial charge in [0.15, 0.2) is 5.96 Å². The number of aromatic hydroxyl groups is 1. The predicted molar refractivity (Wildman–Crippen MR) is 141 cm³/mol. The standard InChI is InChI=1S/C24H33N5O2.HI/c1-3-12-26-23(31)20-9-7-8-19(17-20)18-27-24(25-4-2)29-15-13-28(14-16-29)21-10-5-6-11-22(21)30;/h5-11,17,30H,3-4,12-16,18H2,1-2H3,(H,25,27)(H,26,31);1H. The number of anilines is 1. The summed E-state index contributed by atoms with van der Waals surface area (Å²) in [5.74, 6) is 1.15. The molecular weight excluding hydrogens is 517 g/mol. The van der Waals surface area contributed by atoms with Crippen LogP contribution in [0, 0.1) is 0 Å². The second kappa shape index (κ2) is 13.1. The van der Waals surface area contributed by atoms with Gasteiger partial charge in [-0.05, 0) is 43.2 Å². The van der Waals surface area contributed by atoms with Crippen LogP contribution in [0.25, 0.3) is 0 Å². The first kappa shape index (κ1) is 25.8. The molecule has 3 rings (SSSR count). The van der Waals surface area contributed by atoms with Crippen LogP contribution in [0.3, 0.4) is 0 Å². The number of benzene rings is 2. The fourth-order valence-electron chi connectivity index (χ4n) is 3.63. The molecule has 0 unspecified atom stereocenters. The van der Waals surface area contributed by atoms with Crippen molar-refractivity contribution in [2.75, 3.05) is 44.2 Å². The summed E-state index contributed by atoms with van der Waals surface area (Å²) in [6.07, 6.45) is 0.916. The highest BCUT2D eigenvalue weighted by Crippen LogP contribution is 2.27. The predicted octanol–water partition coefficient (Wildman–Crippen LogP) is 3.44. The number of piperazine rings is 1. The van der Waals surface area contributed by atoms with Crippen molar-refractivity contribution in [1.29, 1.82) is 0 Å². The molecule has 0 spiro atoms. The van der Waals surface area contributed by atoms with Crippen LogP contribution in [0.15, 0.2) is 53.5 Å². The van der Waals surface area contributed by atoms with Crippen molar-refractivity contribution in [2.45, 2.75) is 26.8 Å². The molecule has 32 heavy (non-hydrogen) atoms. The van der Waals surface area contributed by atoms with E-state index >= 15 is 0 Å². The van der Waals surface area contributed by atoms with Crippen molar-refractivity contribution in [3.05, 3.63) is 59.7 Å². The number of hydrogen-bond donors (Lipinski definition) is 3. The van der Waals surface area contributed by atoms with Crippen molar-refractivity contribution in [2.24, 2.45) is 4.99 Å². The SMILES string of the molecule is CCCNC(=O)c1cccc(CN=C(NCC)N2CCN(c3ccccc3O)CC2)c1.I. The summed E-state index contributed by atoms with van der Waals surface area (Å²) in [6.45, 7) is 9.35. The van der Waals surface area contributed by atoms with E-state index in [4.69, 9.17) is 4.99 Å². The lowest BCUT2D eigenvalue weighted by Gasteiger charge is -2.37. The van der Waals surface area contributed by atoms with Gasteiger partial charge in [-0.2, -0.15) is 0 Å². The van der Waals surface area contributed by atoms with Gasteiger partial charge in [-0.15, -0.1) is 24.0 Å². The molecule has 174 valence electrons. The molecule has 3 N–H and O–H groups in total. The molecule has 0 radical (unpaired) electrons. The fourth-order valence-corrected chi connectivity index (χ4v) is 3.63. The Kier molecular flexibility index (Phi) is 10.6. The molecule has 1 fully saturated rings. The maximum absolute atomic E-state index is 12.2. The minimum atomic E-state index is -0.0418. The third-order valence-corrected chi connectivity index (χ3v) is 5.27. The highest BCUT2D eigenvalue weighted by molar-refractivity contribution is 14.0. The van der Waals surface area contributed by atoms with Gasteiger partial charge in [0.1, 0.15) is 5.75 Å². The van der Waals surface area contributed by atoms with Crippen molar-refractivity contribution in [1.82, 2.24) is 15.5 Å². The van der Waals surface area contributed by atoms with Crippen LogP contribution in [0.1, 0.15) is 36.2 Å². The number of carbonyl (C=O) groups excluding carboxylic acids is 1. The highest BCUT2D eigenvalue weighted by Gasteiger charge is 2.21. The van der Waals surface area contributed by atoms with E-state index in [0.29, 0.717) is 24.4 Å². The quantitative estimate of drug-likeness (QED) is 0.279. The van der Waals surface area contributed by atoms with E-state index in [-0.39, 0.29) is 29.9 Å². The first-order chi connectivity index (χ1) is 15.1. The van der Waals surface area contributed by atoms with Gasteiger partial charge in [0.05, 0.1) is 12.2 Å². The zero-order chi connectivity index (χ0) is 22.1. The van der Waals surface area contributed by atoms with E-state index in [2.05, 4.69) is 27.4 Å². The zero-order valence-electron chi connectivity index (χ0n) is 18.9. The number of nitrogens with zero attached hydrogens (tertiary/aromatic N) is 3. The number of amides is 1. The number of halogens is 1. The summed E-state index contributed by atoms with van der Waals surface area (Å²) in [6, 6.07) is 15.1. The van der Waals surface area contributed by atoms with Gasteiger partial charge in [0, 0.05) is 44.8 Å². The lowest BCUT2D eigenvalue weighted by atomic mass is 10.1. The van der Waals surface area contributed by atoms with Crippen LogP contribution >= 0.6 is 24.0 Å². The molecule has 1 aliphatic rings. The van der Waals surface area contributed by atoms with Crippen LogP contribution in [0.4, 0.5) is 5.69 Å². The van der Waals surface area contributed by atoms with Gasteiger partial charge >= 0.3 is 0 Å². The number of nitrogens with one attached hydrogen (secondary N) is 2. The minimum absolute atomic E-state index is 0. The van der Waals surface area contributed by atoms with Gasteiger partial charge in [-0.1, -0.05) is 31.2 Å². The van der Waals surface area contributed by atoms with Gasteiger partial charge < -0.3 is 25.5 Å². The van der Waals surface area contributed by atoms with Crippen molar-refractivity contribution in [3.8, 4) is 5.75 Å². The third-order valence-electron chi connectivity index (χ3n) is 5.27. The van der Waals surface area contributed by atoms with E-state index in [1.807, 2.05) is 49.4 Å². The number of aliphatic imine (C=N–C) groups is 1. The number of guanidine groups is 1. The highest BCUT2D eigenvalue weighted by atomic mass is 127. The Hall–Kier alpha value is -2.49. The fraction of sp³-hybridized carbons (Fsp3) is 0.417. The summed E-state index contributed by atoms with van der Waals surface area (Å²) >= 11 is 0. The maximum atomic E-state index is 12.2. The van der Waals surface area contributed by atoms with Crippen molar-refractivity contribution in [3.63, 3.8) is 0 Å². The summed E-state index contributed by atoms with van der Waals surface area (Å²) in [7, 11) is 0. The Balaban J connectivity index is 0.00000363. The van der Waals surface area contributed by atoms with E-state index in [0.717, 1.165) is 56.4 Å². The molecule has 1 heterocycles. The number of para-hydroxylation sites is 2. The van der Waals surface area contributed by atoms with E-state index in [1.54, 1.807) is 6.07 Å². The summed E-state index contributed by atoms with van der Waals surface area (Å²) in [4.78, 5) is 21.5. The molecule has 2 aromatic rings. The monoisotopic (exact) mass is 551 g/mol. The van der Waals surface area contributed by atoms with Gasteiger partial charge in [-0.25, -0.2) is 4.99 Å². The van der Waals surface area contributed by atoms with E-state index in [9.17, 15) is 9.90 Å². The maximum Gasteiger partial charge on any atom is 0.251 e. The largest absolute Gasteiger partial charge is 0.506 e. The first-order valence-electron chi connectivity index (χ1n) is 11.1. The van der Waals surface area contributed by atoms with Gasteiger partial charge in [0.2, 0.25) is 0 Å². The normalized spacial score (nSPS) is 14.0. The van der Waals surface area contributed by atoms with Crippen LogP contribution < -0.4 is 15.5 Å². The summed E-state index contributed by atoms with van der Waals surface area (Å²) < 4.78 is 0. The van der Waals surface area contributed by atoms with Crippen LogP contribution in [-0.2, 0) is 6.54 Å². The lowest BCUT2D eigenvalue weighted by Crippen LogP contribution is -2.52. The first-order valence-corrected chi connectivity index (χ1v) is 11.1. The molecule has 0 aromatic heterocycles. The Morgan fingerprint density at radius 1 is 1.03 bits per heavy atom. The minimum Gasteiger partial charge on any atom is -0.506 e. The summed E-state index contributed by atoms with van der Waals surface area (Å²) in [5.41, 5.74) is 2.55. The van der Waals surface area contributed by atoms with Gasteiger partial charge in [-0.3, -0.25) is 4.79 Å². The smallest absolute Gasteiger partial charge is 0.251 e. The molecule has 8 heteroatoms. The molecule has 1 aliphatic heterocycles. The Morgan fingerprint density at radius 3 is 2.47 bits per heavy atom.